The van der Waals surface area contributed by atoms with Gasteiger partial charge < -0.3 is 5.11 Å². The highest BCUT2D eigenvalue weighted by Crippen LogP contribution is 2.09. The van der Waals surface area contributed by atoms with Gasteiger partial charge in [0, 0.05) is 6.20 Å². The highest BCUT2D eigenvalue weighted by atomic mass is 127. The zero-order chi connectivity index (χ0) is 9.14. The SMILES string of the molecule is O=C(O)c1nn(CCF)cc1I. The van der Waals surface area contributed by atoms with E-state index in [-0.39, 0.29) is 12.2 Å². The second-order valence-corrected chi connectivity index (χ2v) is 3.25. The first-order valence-electron chi connectivity index (χ1n) is 3.17. The fourth-order valence-corrected chi connectivity index (χ4v) is 1.40. The third-order valence-electron chi connectivity index (χ3n) is 1.23. The summed E-state index contributed by atoms with van der Waals surface area (Å²) in [6.07, 6.45) is 1.50. The first-order valence-corrected chi connectivity index (χ1v) is 4.25. The Hall–Kier alpha value is -0.660. The molecule has 6 heteroatoms. The van der Waals surface area contributed by atoms with Gasteiger partial charge in [0.2, 0.25) is 0 Å². The van der Waals surface area contributed by atoms with Crippen molar-refractivity contribution in [2.24, 2.45) is 0 Å². The minimum absolute atomic E-state index is 0.0240. The third kappa shape index (κ3) is 1.93. The molecule has 0 spiro atoms. The van der Waals surface area contributed by atoms with Crippen LogP contribution in [0.15, 0.2) is 6.20 Å². The van der Waals surface area contributed by atoms with Gasteiger partial charge in [-0.25, -0.2) is 9.18 Å². The van der Waals surface area contributed by atoms with Crippen LogP contribution in [0.5, 0.6) is 0 Å². The van der Waals surface area contributed by atoms with Crippen molar-refractivity contribution in [3.05, 3.63) is 15.5 Å². The highest BCUT2D eigenvalue weighted by molar-refractivity contribution is 14.1. The second-order valence-electron chi connectivity index (χ2n) is 2.08. The fourth-order valence-electron chi connectivity index (χ4n) is 0.743. The Morgan fingerprint density at radius 3 is 2.92 bits per heavy atom. The number of hydrogen-bond acceptors (Lipinski definition) is 2. The van der Waals surface area contributed by atoms with Crippen LogP contribution in [0.4, 0.5) is 4.39 Å². The molecule has 0 aromatic carbocycles. The minimum Gasteiger partial charge on any atom is -0.476 e. The second kappa shape index (κ2) is 3.83. The van der Waals surface area contributed by atoms with Crippen molar-refractivity contribution in [2.75, 3.05) is 6.67 Å². The largest absolute Gasteiger partial charge is 0.476 e. The van der Waals surface area contributed by atoms with E-state index in [4.69, 9.17) is 5.11 Å². The van der Waals surface area contributed by atoms with E-state index in [9.17, 15) is 9.18 Å². The average molecular weight is 284 g/mol. The maximum atomic E-state index is 11.8. The lowest BCUT2D eigenvalue weighted by atomic mass is 10.4. The van der Waals surface area contributed by atoms with Gasteiger partial charge in [-0.05, 0) is 22.6 Å². The molecule has 0 saturated carbocycles. The molecule has 0 amide bonds. The van der Waals surface area contributed by atoms with Gasteiger partial charge in [-0.3, -0.25) is 4.68 Å². The Bertz CT molecular complexity index is 300. The molecule has 12 heavy (non-hydrogen) atoms. The number of nitrogens with zero attached hydrogens (tertiary/aromatic N) is 2. The zero-order valence-electron chi connectivity index (χ0n) is 6.00. The summed E-state index contributed by atoms with van der Waals surface area (Å²) in [6, 6.07) is 0. The number of carbonyl (C=O) groups is 1. The van der Waals surface area contributed by atoms with Crippen LogP contribution in [0, 0.1) is 3.57 Å². The van der Waals surface area contributed by atoms with Crippen LogP contribution in [0.2, 0.25) is 0 Å². The number of carboxylic acid groups (broad SMARTS) is 1. The topological polar surface area (TPSA) is 55.1 Å². The van der Waals surface area contributed by atoms with Crippen molar-refractivity contribution >= 4 is 28.6 Å². The molecule has 1 aromatic rings. The normalized spacial score (nSPS) is 10.2. The molecule has 1 heterocycles. The minimum atomic E-state index is -1.09. The molecule has 1 N–H and O–H groups in total. The molecule has 4 nitrogen and oxygen atoms in total. The van der Waals surface area contributed by atoms with Gasteiger partial charge in [-0.2, -0.15) is 5.10 Å². The number of aromatic nitrogens is 2. The Morgan fingerprint density at radius 2 is 2.50 bits per heavy atom. The molecular formula is C6H6FIN2O2. The van der Waals surface area contributed by atoms with Crippen LogP contribution in [-0.2, 0) is 6.54 Å². The summed E-state index contributed by atoms with van der Waals surface area (Å²) in [7, 11) is 0. The van der Waals surface area contributed by atoms with E-state index in [1.807, 2.05) is 22.6 Å². The lowest BCUT2D eigenvalue weighted by Crippen LogP contribution is -2.04. The quantitative estimate of drug-likeness (QED) is 0.847. The van der Waals surface area contributed by atoms with E-state index >= 15 is 0 Å². The van der Waals surface area contributed by atoms with Gasteiger partial charge in [0.15, 0.2) is 5.69 Å². The third-order valence-corrected chi connectivity index (χ3v) is 2.02. The monoisotopic (exact) mass is 284 g/mol. The van der Waals surface area contributed by atoms with Crippen molar-refractivity contribution in [3.8, 4) is 0 Å². The van der Waals surface area contributed by atoms with E-state index < -0.39 is 12.6 Å². The summed E-state index contributed by atoms with van der Waals surface area (Å²) in [6.45, 7) is -0.444. The van der Waals surface area contributed by atoms with Crippen molar-refractivity contribution in [1.82, 2.24) is 9.78 Å². The van der Waals surface area contributed by atoms with Gasteiger partial charge in [0.05, 0.1) is 10.1 Å². The van der Waals surface area contributed by atoms with E-state index in [1.54, 1.807) is 0 Å². The van der Waals surface area contributed by atoms with E-state index in [0.29, 0.717) is 3.57 Å². The van der Waals surface area contributed by atoms with Crippen LogP contribution >= 0.6 is 22.6 Å². The number of aryl methyl sites for hydroxylation is 1. The summed E-state index contributed by atoms with van der Waals surface area (Å²) >= 11 is 1.85. The highest BCUT2D eigenvalue weighted by Gasteiger charge is 2.12. The Kier molecular flexibility index (Phi) is 3.01. The predicted molar refractivity (Wildman–Crippen MR) is 47.9 cm³/mol. The maximum Gasteiger partial charge on any atom is 0.357 e. The van der Waals surface area contributed by atoms with Crippen LogP contribution in [-0.4, -0.2) is 27.5 Å². The molecule has 1 aromatic heterocycles. The molecule has 0 saturated heterocycles. The summed E-state index contributed by atoms with van der Waals surface area (Å²) in [5.41, 5.74) is -0.0240. The zero-order valence-corrected chi connectivity index (χ0v) is 8.15. The molecule has 0 aliphatic rings. The number of halogens is 2. The molecule has 0 aliphatic carbocycles. The Morgan fingerprint density at radius 1 is 1.83 bits per heavy atom. The smallest absolute Gasteiger partial charge is 0.357 e. The van der Waals surface area contributed by atoms with Crippen LogP contribution in [0.1, 0.15) is 10.5 Å². The van der Waals surface area contributed by atoms with Crippen molar-refractivity contribution in [2.45, 2.75) is 6.54 Å². The molecule has 0 bridgehead atoms. The Balaban J connectivity index is 2.92. The van der Waals surface area contributed by atoms with E-state index in [2.05, 4.69) is 5.10 Å². The molecule has 66 valence electrons. The average Bonchev–Trinajstić information content (AvgIpc) is 2.32. The summed E-state index contributed by atoms with van der Waals surface area (Å²) in [5.74, 6) is -1.09. The van der Waals surface area contributed by atoms with Gasteiger partial charge >= 0.3 is 5.97 Å². The van der Waals surface area contributed by atoms with Gasteiger partial charge in [0.1, 0.15) is 6.67 Å². The number of hydrogen-bond donors (Lipinski definition) is 1. The lowest BCUT2D eigenvalue weighted by molar-refractivity contribution is 0.0688. The van der Waals surface area contributed by atoms with Crippen LogP contribution in [0.3, 0.4) is 0 Å². The molecule has 0 atom stereocenters. The summed E-state index contributed by atoms with van der Waals surface area (Å²) in [4.78, 5) is 10.5. The number of carboxylic acids is 1. The maximum absolute atomic E-state index is 11.8. The number of rotatable bonds is 3. The number of aromatic carboxylic acids is 1. The molecule has 0 fully saturated rings. The molecule has 1 rings (SSSR count). The first-order chi connectivity index (χ1) is 5.65. The number of alkyl halides is 1. The fraction of sp³-hybridized carbons (Fsp3) is 0.333. The van der Waals surface area contributed by atoms with E-state index in [0.717, 1.165) is 0 Å². The van der Waals surface area contributed by atoms with Crippen LogP contribution in [0.25, 0.3) is 0 Å². The first kappa shape index (κ1) is 9.43. The molecule has 0 radical (unpaired) electrons. The predicted octanol–water partition coefficient (Wildman–Crippen LogP) is 1.16. The molecular weight excluding hydrogens is 278 g/mol. The van der Waals surface area contributed by atoms with E-state index in [1.165, 1.54) is 10.9 Å². The molecule has 0 aliphatic heterocycles. The van der Waals surface area contributed by atoms with Crippen molar-refractivity contribution in [1.29, 1.82) is 0 Å². The van der Waals surface area contributed by atoms with Gasteiger partial charge in [-0.15, -0.1) is 0 Å². The molecule has 0 unspecified atom stereocenters. The summed E-state index contributed by atoms with van der Waals surface area (Å²) < 4.78 is 13.6. The standard InChI is InChI=1S/C6H6FIN2O2/c7-1-2-10-3-4(8)5(9-10)6(11)12/h3H,1-2H2,(H,11,12). The van der Waals surface area contributed by atoms with Crippen molar-refractivity contribution < 1.29 is 14.3 Å². The lowest BCUT2D eigenvalue weighted by Gasteiger charge is -1.92. The van der Waals surface area contributed by atoms with Gasteiger partial charge in [-0.1, -0.05) is 0 Å². The van der Waals surface area contributed by atoms with Crippen LogP contribution < -0.4 is 0 Å². The van der Waals surface area contributed by atoms with Gasteiger partial charge in [0.25, 0.3) is 0 Å². The van der Waals surface area contributed by atoms with Crippen molar-refractivity contribution in [3.63, 3.8) is 0 Å². The Labute approximate surface area is 81.5 Å². The summed E-state index contributed by atoms with van der Waals surface area (Å²) in [5, 5.41) is 12.2.